The summed E-state index contributed by atoms with van der Waals surface area (Å²) in [4.78, 5) is 0. The van der Waals surface area contributed by atoms with E-state index in [1.54, 1.807) is 18.2 Å². The van der Waals surface area contributed by atoms with Gasteiger partial charge in [-0.3, -0.25) is 0 Å². The molecular formula is C14H19Cl2NO3. The number of benzene rings is 1. The lowest BCUT2D eigenvalue weighted by molar-refractivity contribution is -0.0997. The Labute approximate surface area is 129 Å². The van der Waals surface area contributed by atoms with Crippen LogP contribution < -0.4 is 10.1 Å². The minimum atomic E-state index is -0.602. The van der Waals surface area contributed by atoms with E-state index in [2.05, 4.69) is 12.2 Å². The molecule has 1 heterocycles. The molecule has 0 radical (unpaired) electrons. The number of rotatable bonds is 7. The second-order valence-electron chi connectivity index (χ2n) is 5.47. The van der Waals surface area contributed by atoms with Crippen molar-refractivity contribution in [2.24, 2.45) is 5.41 Å². The SMILES string of the molecule is CC1(CNCC(O)COc2cc(Cl)ccc2Cl)COC1. The zero-order valence-electron chi connectivity index (χ0n) is 11.4. The molecule has 112 valence electrons. The molecule has 2 N–H and O–H groups in total. The lowest BCUT2D eigenvalue weighted by Crippen LogP contribution is -2.48. The molecule has 1 aliphatic heterocycles. The fourth-order valence-electron chi connectivity index (χ4n) is 1.93. The van der Waals surface area contributed by atoms with Crippen molar-refractivity contribution in [3.63, 3.8) is 0 Å². The third-order valence-corrected chi connectivity index (χ3v) is 3.70. The van der Waals surface area contributed by atoms with Crippen molar-refractivity contribution in [2.75, 3.05) is 32.9 Å². The summed E-state index contributed by atoms with van der Waals surface area (Å²) in [5, 5.41) is 14.1. The van der Waals surface area contributed by atoms with Crippen LogP contribution in [0, 0.1) is 5.41 Å². The predicted molar refractivity (Wildman–Crippen MR) is 79.8 cm³/mol. The molecule has 1 aromatic carbocycles. The molecule has 2 rings (SSSR count). The minimum absolute atomic E-state index is 0.167. The Bertz CT molecular complexity index is 452. The standard InChI is InChI=1S/C14H19Cl2NO3/c1-14(8-19-9-14)7-17-5-11(18)6-20-13-4-10(15)2-3-12(13)16/h2-4,11,17-18H,5-9H2,1H3. The van der Waals surface area contributed by atoms with Crippen LogP contribution >= 0.6 is 23.2 Å². The van der Waals surface area contributed by atoms with E-state index in [0.29, 0.717) is 22.3 Å². The van der Waals surface area contributed by atoms with Gasteiger partial charge in [-0.05, 0) is 12.1 Å². The fraction of sp³-hybridized carbons (Fsp3) is 0.571. The van der Waals surface area contributed by atoms with Gasteiger partial charge in [0.25, 0.3) is 0 Å². The first-order chi connectivity index (χ1) is 9.48. The van der Waals surface area contributed by atoms with E-state index < -0.39 is 6.10 Å². The number of hydrogen-bond donors (Lipinski definition) is 2. The number of aliphatic hydroxyl groups is 1. The van der Waals surface area contributed by atoms with E-state index in [4.69, 9.17) is 32.7 Å². The Hall–Kier alpha value is -0.520. The summed E-state index contributed by atoms with van der Waals surface area (Å²) in [6, 6.07) is 4.99. The van der Waals surface area contributed by atoms with E-state index in [1.807, 2.05) is 0 Å². The lowest BCUT2D eigenvalue weighted by Gasteiger charge is -2.38. The molecular weight excluding hydrogens is 301 g/mol. The van der Waals surface area contributed by atoms with E-state index in [0.717, 1.165) is 19.8 Å². The molecule has 0 aliphatic carbocycles. The van der Waals surface area contributed by atoms with Crippen molar-refractivity contribution in [1.29, 1.82) is 0 Å². The molecule has 0 spiro atoms. The molecule has 1 aromatic rings. The molecule has 6 heteroatoms. The first-order valence-electron chi connectivity index (χ1n) is 6.53. The highest BCUT2D eigenvalue weighted by atomic mass is 35.5. The Morgan fingerprint density at radius 3 is 2.85 bits per heavy atom. The summed E-state index contributed by atoms with van der Waals surface area (Å²) in [6.07, 6.45) is -0.602. The summed E-state index contributed by atoms with van der Waals surface area (Å²) in [5.74, 6) is 0.484. The van der Waals surface area contributed by atoms with E-state index in [9.17, 15) is 5.11 Å². The number of hydrogen-bond acceptors (Lipinski definition) is 4. The maximum absolute atomic E-state index is 9.86. The molecule has 1 fully saturated rings. The highest BCUT2D eigenvalue weighted by molar-refractivity contribution is 6.34. The summed E-state index contributed by atoms with van der Waals surface area (Å²) in [6.45, 7) is 5.14. The molecule has 1 aliphatic rings. The topological polar surface area (TPSA) is 50.7 Å². The van der Waals surface area contributed by atoms with E-state index >= 15 is 0 Å². The van der Waals surface area contributed by atoms with Gasteiger partial charge in [0.2, 0.25) is 0 Å². The van der Waals surface area contributed by atoms with Gasteiger partial charge < -0.3 is 19.9 Å². The van der Waals surface area contributed by atoms with Crippen LogP contribution in [-0.2, 0) is 4.74 Å². The zero-order valence-corrected chi connectivity index (χ0v) is 12.9. The highest BCUT2D eigenvalue weighted by Gasteiger charge is 2.32. The van der Waals surface area contributed by atoms with Crippen LogP contribution in [0.4, 0.5) is 0 Å². The van der Waals surface area contributed by atoms with Gasteiger partial charge in [0.05, 0.1) is 18.2 Å². The average Bonchev–Trinajstić information content (AvgIpc) is 2.38. The van der Waals surface area contributed by atoms with Crippen molar-refractivity contribution >= 4 is 23.2 Å². The molecule has 0 amide bonds. The first-order valence-corrected chi connectivity index (χ1v) is 7.28. The summed E-state index contributed by atoms with van der Waals surface area (Å²) >= 11 is 11.8. The second-order valence-corrected chi connectivity index (χ2v) is 6.32. The molecule has 4 nitrogen and oxygen atoms in total. The molecule has 20 heavy (non-hydrogen) atoms. The van der Waals surface area contributed by atoms with Crippen LogP contribution in [0.15, 0.2) is 18.2 Å². The maximum atomic E-state index is 9.86. The number of aliphatic hydroxyl groups excluding tert-OH is 1. The number of ether oxygens (including phenoxy) is 2. The Morgan fingerprint density at radius 2 is 2.20 bits per heavy atom. The van der Waals surface area contributed by atoms with Gasteiger partial charge in [-0.1, -0.05) is 30.1 Å². The Morgan fingerprint density at radius 1 is 1.45 bits per heavy atom. The molecule has 0 saturated carbocycles. The van der Waals surface area contributed by atoms with Gasteiger partial charge >= 0.3 is 0 Å². The van der Waals surface area contributed by atoms with Crippen molar-refractivity contribution in [2.45, 2.75) is 13.0 Å². The third-order valence-electron chi connectivity index (χ3n) is 3.16. The quantitative estimate of drug-likeness (QED) is 0.810. The zero-order chi connectivity index (χ0) is 14.6. The van der Waals surface area contributed by atoms with Crippen LogP contribution in [0.3, 0.4) is 0 Å². The summed E-state index contributed by atoms with van der Waals surface area (Å²) < 4.78 is 10.6. The van der Waals surface area contributed by atoms with Gasteiger partial charge in [-0.2, -0.15) is 0 Å². The van der Waals surface area contributed by atoms with Crippen LogP contribution in [-0.4, -0.2) is 44.1 Å². The van der Waals surface area contributed by atoms with Crippen LogP contribution in [0.1, 0.15) is 6.92 Å². The smallest absolute Gasteiger partial charge is 0.139 e. The van der Waals surface area contributed by atoms with Crippen molar-refractivity contribution in [3.05, 3.63) is 28.2 Å². The normalized spacial score (nSPS) is 18.4. The third kappa shape index (κ3) is 4.50. The van der Waals surface area contributed by atoms with Crippen LogP contribution in [0.2, 0.25) is 10.0 Å². The van der Waals surface area contributed by atoms with Crippen molar-refractivity contribution < 1.29 is 14.6 Å². The first kappa shape index (κ1) is 15.9. The van der Waals surface area contributed by atoms with Crippen LogP contribution in [0.25, 0.3) is 0 Å². The van der Waals surface area contributed by atoms with Crippen LogP contribution in [0.5, 0.6) is 5.75 Å². The van der Waals surface area contributed by atoms with E-state index in [-0.39, 0.29) is 12.0 Å². The molecule has 1 saturated heterocycles. The Balaban J connectivity index is 1.69. The van der Waals surface area contributed by atoms with Gasteiger partial charge in [0.1, 0.15) is 18.5 Å². The lowest BCUT2D eigenvalue weighted by atomic mass is 9.89. The number of halogens is 2. The van der Waals surface area contributed by atoms with Gasteiger partial charge in [-0.25, -0.2) is 0 Å². The van der Waals surface area contributed by atoms with E-state index in [1.165, 1.54) is 0 Å². The van der Waals surface area contributed by atoms with Crippen molar-refractivity contribution in [1.82, 2.24) is 5.32 Å². The largest absolute Gasteiger partial charge is 0.489 e. The van der Waals surface area contributed by atoms with Gasteiger partial charge in [0.15, 0.2) is 0 Å². The molecule has 0 bridgehead atoms. The van der Waals surface area contributed by atoms with Gasteiger partial charge in [0, 0.05) is 29.6 Å². The molecule has 1 atom stereocenters. The minimum Gasteiger partial charge on any atom is -0.489 e. The fourth-order valence-corrected chi connectivity index (χ4v) is 2.26. The predicted octanol–water partition coefficient (Wildman–Crippen LogP) is 2.36. The Kier molecular flexibility index (Phi) is 5.52. The monoisotopic (exact) mass is 319 g/mol. The average molecular weight is 320 g/mol. The molecule has 1 unspecified atom stereocenters. The maximum Gasteiger partial charge on any atom is 0.139 e. The summed E-state index contributed by atoms with van der Waals surface area (Å²) in [7, 11) is 0. The highest BCUT2D eigenvalue weighted by Crippen LogP contribution is 2.28. The summed E-state index contributed by atoms with van der Waals surface area (Å²) in [5.41, 5.74) is 0.191. The number of nitrogens with one attached hydrogen (secondary N) is 1. The van der Waals surface area contributed by atoms with Gasteiger partial charge in [-0.15, -0.1) is 0 Å². The molecule has 0 aromatic heterocycles. The second kappa shape index (κ2) is 6.96. The van der Waals surface area contributed by atoms with Crippen molar-refractivity contribution in [3.8, 4) is 5.75 Å².